The lowest BCUT2D eigenvalue weighted by Crippen LogP contribution is -2.06. The summed E-state index contributed by atoms with van der Waals surface area (Å²) in [5, 5.41) is 0. The van der Waals surface area contributed by atoms with Crippen molar-refractivity contribution in [1.82, 2.24) is 0 Å². The predicted molar refractivity (Wildman–Crippen MR) is 31.5 cm³/mol. The summed E-state index contributed by atoms with van der Waals surface area (Å²) in [5.74, 6) is 0. The minimum Gasteiger partial charge on any atom is -0.417 e. The highest BCUT2D eigenvalue weighted by atomic mass is 28.2. The van der Waals surface area contributed by atoms with E-state index in [1.807, 2.05) is 0 Å². The third-order valence-corrected chi connectivity index (χ3v) is 1.84. The van der Waals surface area contributed by atoms with E-state index in [-0.39, 0.29) is 11.0 Å². The van der Waals surface area contributed by atoms with Crippen LogP contribution in [0.25, 0.3) is 0 Å². The van der Waals surface area contributed by atoms with E-state index in [1.54, 1.807) is 0 Å². The smallest absolute Gasteiger partial charge is 0.229 e. The van der Waals surface area contributed by atoms with Crippen molar-refractivity contribution in [2.24, 2.45) is 0 Å². The fourth-order valence-electron chi connectivity index (χ4n) is 0.516. The molecule has 0 aromatic carbocycles. The summed E-state index contributed by atoms with van der Waals surface area (Å²) in [4.78, 5) is 0. The van der Waals surface area contributed by atoms with Gasteiger partial charge in [-0.2, -0.15) is 0 Å². The van der Waals surface area contributed by atoms with E-state index >= 15 is 0 Å². The molecule has 1 rings (SSSR count). The third-order valence-electron chi connectivity index (χ3n) is 0.877. The Morgan fingerprint density at radius 1 is 1.29 bits per heavy atom. The number of hydrogen-bond acceptors (Lipinski definition) is 1. The maximum Gasteiger partial charge on any atom is 0.229 e. The average molecular weight is 128 g/mol. The van der Waals surface area contributed by atoms with Crippen LogP contribution in [-0.2, 0) is 4.43 Å². The summed E-state index contributed by atoms with van der Waals surface area (Å²) in [5.41, 5.74) is 0. The van der Waals surface area contributed by atoms with Gasteiger partial charge in [0.2, 0.25) is 9.76 Å². The van der Waals surface area contributed by atoms with Crippen molar-refractivity contribution in [2.45, 2.75) is 18.9 Å². The largest absolute Gasteiger partial charge is 0.417 e. The Balaban J connectivity index is 0.000000360. The van der Waals surface area contributed by atoms with Crippen LogP contribution in [0.4, 0.5) is 0 Å². The Morgan fingerprint density at radius 3 is 2.29 bits per heavy atom. The second-order valence-corrected chi connectivity index (χ2v) is 2.53. The van der Waals surface area contributed by atoms with Gasteiger partial charge >= 0.3 is 0 Å². The topological polar surface area (TPSA) is 9.23 Å². The molecule has 0 atom stereocenters. The molecule has 0 saturated carbocycles. The van der Waals surface area contributed by atoms with Crippen molar-refractivity contribution in [3.05, 3.63) is 0 Å². The molecule has 1 aliphatic heterocycles. The van der Waals surface area contributed by atoms with Crippen LogP contribution in [0, 0.1) is 0 Å². The molecule has 0 spiro atoms. The lowest BCUT2D eigenvalue weighted by atomic mass is 10.4. The molecule has 0 aromatic rings. The van der Waals surface area contributed by atoms with Gasteiger partial charge in [-0.05, 0) is 12.5 Å². The Kier molecular flexibility index (Phi) is 4.81. The van der Waals surface area contributed by atoms with Crippen LogP contribution in [0.5, 0.6) is 0 Å². The van der Waals surface area contributed by atoms with Gasteiger partial charge < -0.3 is 4.43 Å². The van der Waals surface area contributed by atoms with Crippen LogP contribution < -0.4 is 0 Å². The second-order valence-electron chi connectivity index (χ2n) is 1.45. The zero-order valence-electron chi connectivity index (χ0n) is 4.24. The quantitative estimate of drug-likeness (QED) is 0.431. The van der Waals surface area contributed by atoms with E-state index in [9.17, 15) is 0 Å². The van der Waals surface area contributed by atoms with Gasteiger partial charge in [0.1, 0.15) is 0 Å². The van der Waals surface area contributed by atoms with Crippen LogP contribution >= 0.6 is 0 Å². The molecule has 3 heteroatoms. The van der Waals surface area contributed by atoms with Crippen LogP contribution in [0.15, 0.2) is 0 Å². The van der Waals surface area contributed by atoms with Gasteiger partial charge in [-0.15, -0.1) is 0 Å². The molecule has 6 radical (unpaired) electrons. The zero-order valence-corrected chi connectivity index (χ0v) is 6.24. The summed E-state index contributed by atoms with van der Waals surface area (Å²) >= 11 is 0. The summed E-state index contributed by atoms with van der Waals surface area (Å²) in [7, 11) is 0.802. The molecule has 7 heavy (non-hydrogen) atoms. The van der Waals surface area contributed by atoms with Crippen LogP contribution in [-0.4, -0.2) is 27.3 Å². The molecular formula is C4H8OSi2. The van der Waals surface area contributed by atoms with Gasteiger partial charge in [0.05, 0.1) is 0 Å². The van der Waals surface area contributed by atoms with Crippen molar-refractivity contribution >= 4 is 20.7 Å². The lowest BCUT2D eigenvalue weighted by Gasteiger charge is -2.06. The molecule has 1 nitrogen and oxygen atoms in total. The highest BCUT2D eigenvalue weighted by Gasteiger charge is 1.97. The molecule has 0 aliphatic carbocycles. The molecule has 1 fully saturated rings. The van der Waals surface area contributed by atoms with Crippen molar-refractivity contribution < 1.29 is 4.43 Å². The first-order valence-electron chi connectivity index (χ1n) is 2.35. The predicted octanol–water partition coefficient (Wildman–Crippen LogP) is 0.454. The zero-order chi connectivity index (χ0) is 4.24. The van der Waals surface area contributed by atoms with Crippen molar-refractivity contribution in [1.29, 1.82) is 0 Å². The molecule has 0 N–H and O–H groups in total. The Labute approximate surface area is 51.4 Å². The molecule has 0 bridgehead atoms. The Morgan fingerprint density at radius 2 is 2.14 bits per heavy atom. The molecular weight excluding hydrogens is 120 g/mol. The van der Waals surface area contributed by atoms with Gasteiger partial charge in [-0.1, -0.05) is 6.42 Å². The molecule has 1 aliphatic rings. The monoisotopic (exact) mass is 128 g/mol. The summed E-state index contributed by atoms with van der Waals surface area (Å²) in [6, 6.07) is 1.31. The van der Waals surface area contributed by atoms with E-state index in [0.717, 1.165) is 16.4 Å². The summed E-state index contributed by atoms with van der Waals surface area (Å²) < 4.78 is 5.10. The first-order valence-corrected chi connectivity index (χ1v) is 3.46. The summed E-state index contributed by atoms with van der Waals surface area (Å²) in [6.45, 7) is 1.01. The first-order chi connectivity index (χ1) is 3.00. The van der Waals surface area contributed by atoms with Gasteiger partial charge in [0.15, 0.2) is 0 Å². The molecule has 38 valence electrons. The van der Waals surface area contributed by atoms with Crippen molar-refractivity contribution in [2.75, 3.05) is 6.61 Å². The van der Waals surface area contributed by atoms with E-state index in [2.05, 4.69) is 0 Å². The standard InChI is InChI=1S/C4H8OSi.Si/c1-2-4-6-5-3-1;/h1-4H2;. The van der Waals surface area contributed by atoms with E-state index in [0.29, 0.717) is 0 Å². The SMILES string of the molecule is C1CC[Si]OC1.[Si]. The van der Waals surface area contributed by atoms with Gasteiger partial charge in [-0.3, -0.25) is 0 Å². The average Bonchev–Trinajstić information content (AvgIpc) is 1.72. The molecule has 1 heterocycles. The second kappa shape index (κ2) is 4.55. The maximum atomic E-state index is 5.10. The van der Waals surface area contributed by atoms with E-state index in [4.69, 9.17) is 4.43 Å². The maximum absolute atomic E-state index is 5.10. The summed E-state index contributed by atoms with van der Waals surface area (Å²) in [6.07, 6.45) is 2.67. The van der Waals surface area contributed by atoms with E-state index < -0.39 is 0 Å². The van der Waals surface area contributed by atoms with Crippen LogP contribution in [0.1, 0.15) is 12.8 Å². The highest BCUT2D eigenvalue weighted by Crippen LogP contribution is 2.01. The fourth-order valence-corrected chi connectivity index (χ4v) is 1.34. The molecule has 0 unspecified atom stereocenters. The molecule has 1 saturated heterocycles. The van der Waals surface area contributed by atoms with Crippen molar-refractivity contribution in [3.63, 3.8) is 0 Å². The van der Waals surface area contributed by atoms with Crippen molar-refractivity contribution in [3.8, 4) is 0 Å². The van der Waals surface area contributed by atoms with Gasteiger partial charge in [-0.25, -0.2) is 0 Å². The minimum atomic E-state index is 0. The molecule has 0 aromatic heterocycles. The van der Waals surface area contributed by atoms with Crippen LogP contribution in [0.2, 0.25) is 6.04 Å². The fraction of sp³-hybridized carbons (Fsp3) is 1.00. The lowest BCUT2D eigenvalue weighted by molar-refractivity contribution is 0.304. The number of hydrogen-bond donors (Lipinski definition) is 0. The van der Waals surface area contributed by atoms with Gasteiger partial charge in [0, 0.05) is 17.6 Å². The van der Waals surface area contributed by atoms with Gasteiger partial charge in [0.25, 0.3) is 0 Å². The minimum absolute atomic E-state index is 0. The molecule has 0 amide bonds. The Bertz CT molecular complexity index is 25.2. The normalized spacial score (nSPS) is 20.6. The first kappa shape index (κ1) is 7.39. The van der Waals surface area contributed by atoms with E-state index in [1.165, 1.54) is 18.9 Å². The Hall–Kier alpha value is 0.394. The highest BCUT2D eigenvalue weighted by molar-refractivity contribution is 6.27. The number of rotatable bonds is 0. The van der Waals surface area contributed by atoms with Crippen LogP contribution in [0.3, 0.4) is 0 Å². The third kappa shape index (κ3) is 3.02.